The van der Waals surface area contributed by atoms with Gasteiger partial charge in [-0.15, -0.1) is 0 Å². The Hall–Kier alpha value is -1.09. The first-order chi connectivity index (χ1) is 7.31. The predicted octanol–water partition coefficient (Wildman–Crippen LogP) is 4.19. The summed E-state index contributed by atoms with van der Waals surface area (Å²) in [4.78, 5) is 3.22. The topological polar surface area (TPSA) is 27.8 Å². The minimum absolute atomic E-state index is 1.16. The normalized spacial score (nSPS) is 9.60. The number of hydrogen-bond donors (Lipinski definition) is 2. The summed E-state index contributed by atoms with van der Waals surface area (Å²) in [6, 6.07) is 6.34. The van der Waals surface area contributed by atoms with Gasteiger partial charge in [0.15, 0.2) is 0 Å². The van der Waals surface area contributed by atoms with Crippen molar-refractivity contribution in [2.24, 2.45) is 0 Å². The number of aromatic amines is 1. The lowest BCUT2D eigenvalue weighted by atomic mass is 10.2. The number of aryl methyl sites for hydroxylation is 1. The second-order valence-electron chi connectivity index (χ2n) is 3.04. The van der Waals surface area contributed by atoms with Crippen LogP contribution in [0.15, 0.2) is 24.4 Å². The molecule has 0 saturated heterocycles. The Labute approximate surface area is 95.6 Å². The van der Waals surface area contributed by atoms with Crippen molar-refractivity contribution in [1.29, 1.82) is 0 Å². The van der Waals surface area contributed by atoms with Gasteiger partial charge in [0, 0.05) is 29.0 Å². The summed E-state index contributed by atoms with van der Waals surface area (Å²) in [5.74, 6) is 0. The van der Waals surface area contributed by atoms with E-state index in [0.717, 1.165) is 5.69 Å². The van der Waals surface area contributed by atoms with Crippen molar-refractivity contribution in [2.45, 2.75) is 20.8 Å². The third-order valence-electron chi connectivity index (χ3n) is 2.11. The molecule has 0 aliphatic carbocycles. The molecule has 0 aliphatic rings. The lowest BCUT2D eigenvalue weighted by Crippen LogP contribution is -1.83. The summed E-state index contributed by atoms with van der Waals surface area (Å²) >= 11 is 1.61. The molecule has 0 saturated carbocycles. The monoisotopic (exact) mass is 222 g/mol. The Bertz CT molecular complexity index is 420. The van der Waals surface area contributed by atoms with E-state index in [1.54, 1.807) is 11.9 Å². The van der Waals surface area contributed by atoms with Crippen molar-refractivity contribution in [3.63, 3.8) is 0 Å². The average molecular weight is 222 g/mol. The van der Waals surface area contributed by atoms with E-state index in [4.69, 9.17) is 0 Å². The molecule has 1 aromatic carbocycles. The molecule has 0 unspecified atom stereocenters. The lowest BCUT2D eigenvalue weighted by molar-refractivity contribution is 1.43. The molecule has 3 heteroatoms. The summed E-state index contributed by atoms with van der Waals surface area (Å²) in [5, 5.41) is 1.29. The van der Waals surface area contributed by atoms with Crippen LogP contribution in [-0.2, 0) is 0 Å². The number of benzene rings is 1. The van der Waals surface area contributed by atoms with Crippen molar-refractivity contribution >= 4 is 28.5 Å². The summed E-state index contributed by atoms with van der Waals surface area (Å²) in [5.41, 5.74) is 3.65. The van der Waals surface area contributed by atoms with Gasteiger partial charge in [0.25, 0.3) is 0 Å². The van der Waals surface area contributed by atoms with Crippen molar-refractivity contribution in [1.82, 2.24) is 4.98 Å². The molecule has 2 N–H and O–H groups in total. The Balaban J connectivity index is 0.000000531. The SMILES string of the molecule is CC.CSNc1ccc2[nH]cc(C)c2c1. The molecule has 15 heavy (non-hydrogen) atoms. The zero-order chi connectivity index (χ0) is 11.3. The molecule has 0 amide bonds. The van der Waals surface area contributed by atoms with Gasteiger partial charge < -0.3 is 9.71 Å². The van der Waals surface area contributed by atoms with Crippen molar-refractivity contribution in [2.75, 3.05) is 11.0 Å². The second kappa shape index (κ2) is 5.71. The fourth-order valence-electron chi connectivity index (χ4n) is 1.44. The summed E-state index contributed by atoms with van der Waals surface area (Å²) < 4.78 is 3.22. The van der Waals surface area contributed by atoms with Gasteiger partial charge in [0.2, 0.25) is 0 Å². The molecular formula is C12H18N2S. The molecule has 2 nitrogen and oxygen atoms in total. The van der Waals surface area contributed by atoms with Crippen LogP contribution in [0.3, 0.4) is 0 Å². The van der Waals surface area contributed by atoms with E-state index in [2.05, 4.69) is 34.8 Å². The number of nitrogens with one attached hydrogen (secondary N) is 2. The van der Waals surface area contributed by atoms with Gasteiger partial charge >= 0.3 is 0 Å². The number of fused-ring (bicyclic) bond motifs is 1. The van der Waals surface area contributed by atoms with Gasteiger partial charge in [-0.25, -0.2) is 0 Å². The molecule has 82 valence electrons. The molecule has 1 aromatic heterocycles. The number of hydrogen-bond acceptors (Lipinski definition) is 2. The van der Waals surface area contributed by atoms with Crippen LogP contribution < -0.4 is 4.72 Å². The molecule has 0 fully saturated rings. The van der Waals surface area contributed by atoms with Crippen LogP contribution >= 0.6 is 11.9 Å². The van der Waals surface area contributed by atoms with Crippen LogP contribution in [0, 0.1) is 6.92 Å². The maximum Gasteiger partial charge on any atom is 0.0458 e. The summed E-state index contributed by atoms with van der Waals surface area (Å²) in [7, 11) is 0. The average Bonchev–Trinajstić information content (AvgIpc) is 2.64. The molecule has 1 heterocycles. The Morgan fingerprint density at radius 2 is 2.00 bits per heavy atom. The molecule has 0 radical (unpaired) electrons. The van der Waals surface area contributed by atoms with E-state index in [0.29, 0.717) is 0 Å². The van der Waals surface area contributed by atoms with E-state index < -0.39 is 0 Å². The summed E-state index contributed by atoms with van der Waals surface area (Å²) in [6.45, 7) is 6.11. The van der Waals surface area contributed by atoms with Crippen LogP contribution in [-0.4, -0.2) is 11.2 Å². The molecule has 2 aromatic rings. The van der Waals surface area contributed by atoms with Crippen molar-refractivity contribution in [3.05, 3.63) is 30.0 Å². The number of H-pyrrole nitrogens is 1. The zero-order valence-electron chi connectivity index (χ0n) is 9.72. The van der Waals surface area contributed by atoms with Gasteiger partial charge in [-0.2, -0.15) is 0 Å². The number of aromatic nitrogens is 1. The first-order valence-corrected chi connectivity index (χ1v) is 6.40. The minimum atomic E-state index is 1.16. The molecule has 0 bridgehead atoms. The number of rotatable bonds is 2. The maximum absolute atomic E-state index is 3.22. The predicted molar refractivity (Wildman–Crippen MR) is 71.5 cm³/mol. The smallest absolute Gasteiger partial charge is 0.0458 e. The van der Waals surface area contributed by atoms with Crippen LogP contribution in [0.4, 0.5) is 5.69 Å². The second-order valence-corrected chi connectivity index (χ2v) is 3.65. The maximum atomic E-state index is 3.22. The first-order valence-electron chi connectivity index (χ1n) is 5.18. The summed E-state index contributed by atoms with van der Waals surface area (Å²) in [6.07, 6.45) is 4.06. The highest BCUT2D eigenvalue weighted by Crippen LogP contribution is 2.22. The highest BCUT2D eigenvalue weighted by atomic mass is 32.2. The Morgan fingerprint density at radius 1 is 1.27 bits per heavy atom. The van der Waals surface area contributed by atoms with Gasteiger partial charge in [0.1, 0.15) is 0 Å². The fraction of sp³-hybridized carbons (Fsp3) is 0.333. The largest absolute Gasteiger partial charge is 0.361 e. The van der Waals surface area contributed by atoms with E-state index in [1.807, 2.05) is 26.3 Å². The molecule has 0 atom stereocenters. The molecule has 2 rings (SSSR count). The van der Waals surface area contributed by atoms with Gasteiger partial charge in [-0.1, -0.05) is 25.8 Å². The lowest BCUT2D eigenvalue weighted by Gasteiger charge is -2.01. The fourth-order valence-corrected chi connectivity index (χ4v) is 1.80. The van der Waals surface area contributed by atoms with Gasteiger partial charge in [0.05, 0.1) is 0 Å². The third kappa shape index (κ3) is 2.69. The van der Waals surface area contributed by atoms with Gasteiger partial charge in [-0.05, 0) is 30.7 Å². The van der Waals surface area contributed by atoms with Crippen molar-refractivity contribution in [3.8, 4) is 0 Å². The number of anilines is 1. The van der Waals surface area contributed by atoms with Gasteiger partial charge in [-0.3, -0.25) is 0 Å². The highest BCUT2D eigenvalue weighted by molar-refractivity contribution is 7.99. The third-order valence-corrected chi connectivity index (χ3v) is 2.55. The Morgan fingerprint density at radius 3 is 2.67 bits per heavy atom. The van der Waals surface area contributed by atoms with Crippen molar-refractivity contribution < 1.29 is 0 Å². The zero-order valence-corrected chi connectivity index (χ0v) is 10.5. The van der Waals surface area contributed by atoms with Crippen LogP contribution in [0.5, 0.6) is 0 Å². The first kappa shape index (κ1) is 12.0. The molecular weight excluding hydrogens is 204 g/mol. The molecule has 0 spiro atoms. The van der Waals surface area contributed by atoms with Crippen LogP contribution in [0.2, 0.25) is 0 Å². The molecule has 0 aliphatic heterocycles. The van der Waals surface area contributed by atoms with Crippen LogP contribution in [0.25, 0.3) is 10.9 Å². The minimum Gasteiger partial charge on any atom is -0.361 e. The standard InChI is InChI=1S/C10H12N2S.C2H6/c1-7-6-11-10-4-3-8(12-13-2)5-9(7)10;1-2/h3-6,11-12H,1-2H3;1-2H3. The van der Waals surface area contributed by atoms with E-state index in [1.165, 1.54) is 16.5 Å². The highest BCUT2D eigenvalue weighted by Gasteiger charge is 1.99. The quantitative estimate of drug-likeness (QED) is 0.746. The van der Waals surface area contributed by atoms with E-state index in [-0.39, 0.29) is 0 Å². The Kier molecular flexibility index (Phi) is 4.56. The van der Waals surface area contributed by atoms with E-state index >= 15 is 0 Å². The van der Waals surface area contributed by atoms with Crippen LogP contribution in [0.1, 0.15) is 19.4 Å². The van der Waals surface area contributed by atoms with E-state index in [9.17, 15) is 0 Å².